The highest BCUT2D eigenvalue weighted by molar-refractivity contribution is 6.03. The summed E-state index contributed by atoms with van der Waals surface area (Å²) in [6, 6.07) is 26.2. The SMILES string of the molecule is Cc1cc(Nc2ccc(Nc3ccc(N4CCC(O)CC4)cc3)cc2)ccc1NC(=O)c1cccn1C. The van der Waals surface area contributed by atoms with Gasteiger partial charge >= 0.3 is 0 Å². The summed E-state index contributed by atoms with van der Waals surface area (Å²) in [6.45, 7) is 3.78. The highest BCUT2D eigenvalue weighted by Crippen LogP contribution is 2.27. The van der Waals surface area contributed by atoms with E-state index in [1.165, 1.54) is 5.69 Å². The van der Waals surface area contributed by atoms with Gasteiger partial charge in [0.25, 0.3) is 5.91 Å². The van der Waals surface area contributed by atoms with Crippen LogP contribution in [0.25, 0.3) is 0 Å². The van der Waals surface area contributed by atoms with Crippen LogP contribution in [-0.4, -0.2) is 34.8 Å². The molecule has 0 spiro atoms. The number of hydrogen-bond donors (Lipinski definition) is 4. The number of anilines is 6. The zero-order chi connectivity index (χ0) is 25.8. The lowest BCUT2D eigenvalue weighted by Gasteiger charge is -2.31. The molecule has 2 heterocycles. The van der Waals surface area contributed by atoms with E-state index < -0.39 is 0 Å². The number of amides is 1. The summed E-state index contributed by atoms with van der Waals surface area (Å²) in [5.74, 6) is -0.125. The third-order valence-electron chi connectivity index (χ3n) is 6.81. The number of benzene rings is 3. The molecular weight excluding hydrogens is 462 g/mol. The fraction of sp³-hybridized carbons (Fsp3) is 0.233. The molecule has 7 nitrogen and oxygen atoms in total. The molecular formula is C30H33N5O2. The summed E-state index contributed by atoms with van der Waals surface area (Å²) >= 11 is 0. The lowest BCUT2D eigenvalue weighted by atomic mass is 10.1. The fourth-order valence-corrected chi connectivity index (χ4v) is 4.61. The van der Waals surface area contributed by atoms with E-state index in [4.69, 9.17) is 0 Å². The Bertz CT molecular complexity index is 1350. The van der Waals surface area contributed by atoms with Crippen LogP contribution >= 0.6 is 0 Å². The molecule has 0 saturated carbocycles. The van der Waals surface area contributed by atoms with Crippen LogP contribution in [0.4, 0.5) is 34.1 Å². The molecule has 1 aliphatic rings. The number of hydrogen-bond acceptors (Lipinski definition) is 5. The normalized spacial score (nSPS) is 13.9. The van der Waals surface area contributed by atoms with Gasteiger partial charge in [-0.1, -0.05) is 0 Å². The van der Waals surface area contributed by atoms with Crippen molar-refractivity contribution in [3.63, 3.8) is 0 Å². The van der Waals surface area contributed by atoms with Crippen LogP contribution in [-0.2, 0) is 7.05 Å². The Kier molecular flexibility index (Phi) is 7.14. The van der Waals surface area contributed by atoms with Crippen LogP contribution in [0, 0.1) is 6.92 Å². The maximum absolute atomic E-state index is 12.5. The number of piperidine rings is 1. The molecule has 1 saturated heterocycles. The molecule has 1 aromatic heterocycles. The number of aliphatic hydroxyl groups is 1. The van der Waals surface area contributed by atoms with Gasteiger partial charge in [0.1, 0.15) is 5.69 Å². The molecule has 0 unspecified atom stereocenters. The maximum Gasteiger partial charge on any atom is 0.272 e. The van der Waals surface area contributed by atoms with Gasteiger partial charge in [-0.2, -0.15) is 0 Å². The third-order valence-corrected chi connectivity index (χ3v) is 6.81. The predicted octanol–water partition coefficient (Wildman–Crippen LogP) is 6.03. The van der Waals surface area contributed by atoms with Gasteiger partial charge in [0.05, 0.1) is 6.10 Å². The minimum Gasteiger partial charge on any atom is -0.393 e. The Morgan fingerprint density at radius 1 is 0.838 bits per heavy atom. The Balaban J connectivity index is 1.17. The Hall–Kier alpha value is -4.23. The predicted molar refractivity (Wildman–Crippen MR) is 151 cm³/mol. The summed E-state index contributed by atoms with van der Waals surface area (Å²) in [6.07, 6.45) is 3.35. The van der Waals surface area contributed by atoms with E-state index in [2.05, 4.69) is 45.1 Å². The van der Waals surface area contributed by atoms with Crippen LogP contribution in [0.15, 0.2) is 85.1 Å². The number of aromatic nitrogens is 1. The number of aliphatic hydroxyl groups excluding tert-OH is 1. The second-order valence-electron chi connectivity index (χ2n) is 9.58. The molecule has 37 heavy (non-hydrogen) atoms. The van der Waals surface area contributed by atoms with E-state index in [-0.39, 0.29) is 12.0 Å². The average molecular weight is 496 g/mol. The standard InChI is InChI=1S/C30H33N5O2/c1-21-20-25(11-14-28(21)33-30(37)29-4-3-17-34(29)2)32-23-7-5-22(6-8-23)31-24-9-12-26(13-10-24)35-18-15-27(36)16-19-35/h3-14,17,20,27,31-32,36H,15-16,18-19H2,1-2H3,(H,33,37). The van der Waals surface area contributed by atoms with Gasteiger partial charge in [0.15, 0.2) is 0 Å². The second kappa shape index (κ2) is 10.8. The molecule has 4 aromatic rings. The van der Waals surface area contributed by atoms with Crippen LogP contribution in [0.3, 0.4) is 0 Å². The van der Waals surface area contributed by atoms with Crippen molar-refractivity contribution in [2.24, 2.45) is 7.05 Å². The summed E-state index contributed by atoms with van der Waals surface area (Å²) in [5.41, 5.74) is 7.56. The van der Waals surface area contributed by atoms with Gasteiger partial charge in [-0.15, -0.1) is 0 Å². The minimum absolute atomic E-state index is 0.125. The smallest absolute Gasteiger partial charge is 0.272 e. The van der Waals surface area contributed by atoms with Crippen molar-refractivity contribution in [1.82, 2.24) is 4.57 Å². The molecule has 1 fully saturated rings. The van der Waals surface area contributed by atoms with Gasteiger partial charge in [0.2, 0.25) is 0 Å². The number of carbonyl (C=O) groups is 1. The monoisotopic (exact) mass is 495 g/mol. The van der Waals surface area contributed by atoms with Gasteiger partial charge < -0.3 is 30.5 Å². The van der Waals surface area contributed by atoms with E-state index in [1.54, 1.807) is 10.6 Å². The van der Waals surface area contributed by atoms with Crippen LogP contribution in [0.1, 0.15) is 28.9 Å². The Morgan fingerprint density at radius 3 is 1.97 bits per heavy atom. The van der Waals surface area contributed by atoms with Crippen molar-refractivity contribution in [2.45, 2.75) is 25.9 Å². The van der Waals surface area contributed by atoms with Crippen molar-refractivity contribution in [3.8, 4) is 0 Å². The minimum atomic E-state index is -0.162. The van der Waals surface area contributed by atoms with Crippen molar-refractivity contribution in [3.05, 3.63) is 96.3 Å². The largest absolute Gasteiger partial charge is 0.393 e. The molecule has 5 rings (SSSR count). The first-order valence-corrected chi connectivity index (χ1v) is 12.7. The van der Waals surface area contributed by atoms with Crippen molar-refractivity contribution < 1.29 is 9.90 Å². The molecule has 3 aromatic carbocycles. The van der Waals surface area contributed by atoms with Gasteiger partial charge in [-0.05, 0) is 104 Å². The van der Waals surface area contributed by atoms with E-state index >= 15 is 0 Å². The van der Waals surface area contributed by atoms with Crippen molar-refractivity contribution in [1.29, 1.82) is 0 Å². The lowest BCUT2D eigenvalue weighted by Crippen LogP contribution is -2.35. The topological polar surface area (TPSA) is 81.6 Å². The van der Waals surface area contributed by atoms with Gasteiger partial charge in [0, 0.05) is 60.5 Å². The first-order valence-electron chi connectivity index (χ1n) is 12.7. The van der Waals surface area contributed by atoms with Crippen LogP contribution in [0.2, 0.25) is 0 Å². The van der Waals surface area contributed by atoms with Gasteiger partial charge in [-0.3, -0.25) is 4.79 Å². The second-order valence-corrected chi connectivity index (χ2v) is 9.58. The Morgan fingerprint density at radius 2 is 1.41 bits per heavy atom. The number of carbonyl (C=O) groups excluding carboxylic acids is 1. The quantitative estimate of drug-likeness (QED) is 0.252. The lowest BCUT2D eigenvalue weighted by molar-refractivity contribution is 0.101. The highest BCUT2D eigenvalue weighted by Gasteiger charge is 2.17. The van der Waals surface area contributed by atoms with Crippen LogP contribution < -0.4 is 20.9 Å². The third kappa shape index (κ3) is 5.95. The number of nitrogens with zero attached hydrogens (tertiary/aromatic N) is 2. The summed E-state index contributed by atoms with van der Waals surface area (Å²) in [4.78, 5) is 14.8. The molecule has 190 valence electrons. The molecule has 0 atom stereocenters. The molecule has 1 amide bonds. The highest BCUT2D eigenvalue weighted by atomic mass is 16.3. The summed E-state index contributed by atoms with van der Waals surface area (Å²) in [5, 5.41) is 19.6. The number of nitrogens with one attached hydrogen (secondary N) is 3. The molecule has 0 radical (unpaired) electrons. The van der Waals surface area contributed by atoms with Gasteiger partial charge in [-0.25, -0.2) is 0 Å². The van der Waals surface area contributed by atoms with Crippen molar-refractivity contribution in [2.75, 3.05) is 33.9 Å². The maximum atomic E-state index is 12.5. The number of rotatable bonds is 7. The number of aryl methyl sites for hydroxylation is 2. The van der Waals surface area contributed by atoms with E-state index in [1.807, 2.05) is 68.7 Å². The Labute approximate surface area is 217 Å². The first-order chi connectivity index (χ1) is 17.9. The first kappa shape index (κ1) is 24.5. The average Bonchev–Trinajstić information content (AvgIpc) is 3.34. The molecule has 0 bridgehead atoms. The zero-order valence-electron chi connectivity index (χ0n) is 21.2. The van der Waals surface area contributed by atoms with Crippen LogP contribution in [0.5, 0.6) is 0 Å². The molecule has 1 aliphatic heterocycles. The molecule has 7 heteroatoms. The summed E-state index contributed by atoms with van der Waals surface area (Å²) < 4.78 is 1.80. The van der Waals surface area contributed by atoms with E-state index in [9.17, 15) is 9.90 Å². The fourth-order valence-electron chi connectivity index (χ4n) is 4.61. The molecule has 0 aliphatic carbocycles. The summed E-state index contributed by atoms with van der Waals surface area (Å²) in [7, 11) is 1.86. The van der Waals surface area contributed by atoms with E-state index in [0.717, 1.165) is 59.9 Å². The van der Waals surface area contributed by atoms with E-state index in [0.29, 0.717) is 5.69 Å². The van der Waals surface area contributed by atoms with Crippen molar-refractivity contribution >= 4 is 40.0 Å². The zero-order valence-corrected chi connectivity index (χ0v) is 21.2. The molecule has 4 N–H and O–H groups in total.